The lowest BCUT2D eigenvalue weighted by atomic mass is 10.0. The van der Waals surface area contributed by atoms with E-state index in [-0.39, 0.29) is 17.9 Å². The van der Waals surface area contributed by atoms with Crippen LogP contribution in [0.3, 0.4) is 0 Å². The molecule has 2 aromatic rings. The van der Waals surface area contributed by atoms with Crippen LogP contribution in [0.2, 0.25) is 0 Å². The molecule has 100 valence electrons. The number of H-pyrrole nitrogens is 1. The fourth-order valence-electron chi connectivity index (χ4n) is 1.84. The van der Waals surface area contributed by atoms with Gasteiger partial charge in [-0.25, -0.2) is 4.98 Å². The zero-order chi connectivity index (χ0) is 13.8. The molecule has 0 saturated carbocycles. The highest BCUT2D eigenvalue weighted by atomic mass is 16.1. The maximum Gasteiger partial charge on any atom is 0.251 e. The van der Waals surface area contributed by atoms with E-state index in [1.165, 1.54) is 0 Å². The van der Waals surface area contributed by atoms with Gasteiger partial charge in [0.2, 0.25) is 0 Å². The molecule has 2 N–H and O–H groups in total. The van der Waals surface area contributed by atoms with Gasteiger partial charge in [0.25, 0.3) is 5.91 Å². The first kappa shape index (κ1) is 13.3. The Morgan fingerprint density at radius 1 is 1.26 bits per heavy atom. The third-order valence-corrected chi connectivity index (χ3v) is 2.88. The van der Waals surface area contributed by atoms with Gasteiger partial charge in [0.05, 0.1) is 6.04 Å². The van der Waals surface area contributed by atoms with Crippen molar-refractivity contribution in [3.05, 3.63) is 47.5 Å². The van der Waals surface area contributed by atoms with Crippen LogP contribution in [0, 0.1) is 12.8 Å². The molecule has 19 heavy (non-hydrogen) atoms. The van der Waals surface area contributed by atoms with Crippen LogP contribution in [0.4, 0.5) is 0 Å². The second-order valence-corrected chi connectivity index (χ2v) is 4.84. The molecule has 1 amide bonds. The maximum atomic E-state index is 12.2. The number of benzene rings is 1. The number of nitrogens with zero attached hydrogens (tertiary/aromatic N) is 2. The van der Waals surface area contributed by atoms with Crippen LogP contribution >= 0.6 is 0 Å². The highest BCUT2D eigenvalue weighted by Crippen LogP contribution is 2.18. The molecule has 1 heterocycles. The summed E-state index contributed by atoms with van der Waals surface area (Å²) < 4.78 is 0. The first-order valence-corrected chi connectivity index (χ1v) is 6.32. The van der Waals surface area contributed by atoms with Crippen LogP contribution in [-0.2, 0) is 0 Å². The molecule has 0 radical (unpaired) electrons. The molecule has 1 aromatic heterocycles. The number of hydrogen-bond donors (Lipinski definition) is 2. The van der Waals surface area contributed by atoms with E-state index in [4.69, 9.17) is 0 Å². The van der Waals surface area contributed by atoms with Gasteiger partial charge in [-0.1, -0.05) is 32.0 Å². The smallest absolute Gasteiger partial charge is 0.251 e. The fraction of sp³-hybridized carbons (Fsp3) is 0.357. The number of aryl methyl sites for hydroxylation is 1. The lowest BCUT2D eigenvalue weighted by Gasteiger charge is -2.19. The minimum absolute atomic E-state index is 0.109. The van der Waals surface area contributed by atoms with Gasteiger partial charge >= 0.3 is 0 Å². The number of aromatic nitrogens is 3. The molecule has 0 aliphatic rings. The summed E-state index contributed by atoms with van der Waals surface area (Å²) in [5.74, 6) is 1.47. The lowest BCUT2D eigenvalue weighted by Crippen LogP contribution is -2.32. The van der Waals surface area contributed by atoms with Crippen molar-refractivity contribution >= 4 is 5.91 Å². The zero-order valence-electron chi connectivity index (χ0n) is 11.3. The minimum atomic E-state index is -0.197. The van der Waals surface area contributed by atoms with E-state index >= 15 is 0 Å². The predicted octanol–water partition coefficient (Wildman–Crippen LogP) is 2.24. The summed E-state index contributed by atoms with van der Waals surface area (Å²) in [6, 6.07) is 8.95. The number of amides is 1. The summed E-state index contributed by atoms with van der Waals surface area (Å²) in [6.45, 7) is 5.90. The predicted molar refractivity (Wildman–Crippen MR) is 72.6 cm³/mol. The van der Waals surface area contributed by atoms with E-state index in [1.54, 1.807) is 12.1 Å². The van der Waals surface area contributed by atoms with Crippen LogP contribution in [0.15, 0.2) is 30.3 Å². The molecule has 5 heteroatoms. The van der Waals surface area contributed by atoms with Crippen LogP contribution in [0.25, 0.3) is 0 Å². The van der Waals surface area contributed by atoms with E-state index in [2.05, 4.69) is 20.5 Å². The number of carbonyl (C=O) groups is 1. The van der Waals surface area contributed by atoms with Crippen LogP contribution < -0.4 is 5.32 Å². The fourth-order valence-corrected chi connectivity index (χ4v) is 1.84. The lowest BCUT2D eigenvalue weighted by molar-refractivity contribution is 0.0923. The Morgan fingerprint density at radius 3 is 2.47 bits per heavy atom. The van der Waals surface area contributed by atoms with E-state index in [0.717, 1.165) is 5.82 Å². The van der Waals surface area contributed by atoms with Crippen molar-refractivity contribution in [2.24, 2.45) is 5.92 Å². The highest BCUT2D eigenvalue weighted by molar-refractivity contribution is 5.94. The van der Waals surface area contributed by atoms with Gasteiger partial charge in [-0.2, -0.15) is 5.10 Å². The first-order chi connectivity index (χ1) is 9.08. The topological polar surface area (TPSA) is 70.7 Å². The number of rotatable bonds is 4. The minimum Gasteiger partial charge on any atom is -0.342 e. The monoisotopic (exact) mass is 258 g/mol. The summed E-state index contributed by atoms with van der Waals surface area (Å²) in [6.07, 6.45) is 0. The molecule has 1 atom stereocenters. The normalized spacial score (nSPS) is 12.4. The highest BCUT2D eigenvalue weighted by Gasteiger charge is 2.22. The molecule has 0 unspecified atom stereocenters. The third-order valence-electron chi connectivity index (χ3n) is 2.88. The Morgan fingerprint density at radius 2 is 1.95 bits per heavy atom. The second kappa shape index (κ2) is 5.65. The number of carbonyl (C=O) groups excluding carboxylic acids is 1. The van der Waals surface area contributed by atoms with Gasteiger partial charge in [0.15, 0.2) is 5.82 Å². The maximum absolute atomic E-state index is 12.2. The molecular weight excluding hydrogens is 240 g/mol. The Balaban J connectivity index is 2.16. The number of nitrogens with one attached hydrogen (secondary N) is 2. The van der Waals surface area contributed by atoms with Gasteiger partial charge in [-0.05, 0) is 25.0 Å². The molecule has 0 fully saturated rings. The standard InChI is InChI=1S/C14H18N4O/c1-9(2)12(13-15-10(3)17-18-13)16-14(19)11-7-5-4-6-8-11/h4-9,12H,1-3H3,(H,16,19)(H,15,17,18)/t12-/m0/s1. The molecule has 0 spiro atoms. The van der Waals surface area contributed by atoms with Crippen molar-refractivity contribution in [1.82, 2.24) is 20.5 Å². The van der Waals surface area contributed by atoms with Gasteiger partial charge < -0.3 is 5.32 Å². The van der Waals surface area contributed by atoms with Gasteiger partial charge in [-0.3, -0.25) is 9.89 Å². The summed E-state index contributed by atoms with van der Waals surface area (Å²) in [7, 11) is 0. The first-order valence-electron chi connectivity index (χ1n) is 6.32. The molecule has 0 aliphatic heterocycles. The van der Waals surface area contributed by atoms with Gasteiger partial charge in [-0.15, -0.1) is 0 Å². The van der Waals surface area contributed by atoms with Gasteiger partial charge in [0, 0.05) is 5.56 Å². The van der Waals surface area contributed by atoms with E-state index < -0.39 is 0 Å². The van der Waals surface area contributed by atoms with Crippen molar-refractivity contribution in [1.29, 1.82) is 0 Å². The molecule has 0 saturated heterocycles. The summed E-state index contributed by atoms with van der Waals surface area (Å²) >= 11 is 0. The molecule has 0 aliphatic carbocycles. The molecule has 1 aromatic carbocycles. The Labute approximate surface area is 112 Å². The number of hydrogen-bond acceptors (Lipinski definition) is 3. The van der Waals surface area contributed by atoms with Crippen LogP contribution in [-0.4, -0.2) is 21.1 Å². The molecule has 2 rings (SSSR count). The van der Waals surface area contributed by atoms with Crippen molar-refractivity contribution in [2.45, 2.75) is 26.8 Å². The summed E-state index contributed by atoms with van der Waals surface area (Å²) in [4.78, 5) is 16.5. The quantitative estimate of drug-likeness (QED) is 0.883. The Kier molecular flexibility index (Phi) is 3.94. The average molecular weight is 258 g/mol. The molecule has 5 nitrogen and oxygen atoms in total. The second-order valence-electron chi connectivity index (χ2n) is 4.84. The van der Waals surface area contributed by atoms with Crippen LogP contribution in [0.5, 0.6) is 0 Å². The third kappa shape index (κ3) is 3.19. The van der Waals surface area contributed by atoms with Crippen LogP contribution in [0.1, 0.15) is 41.9 Å². The van der Waals surface area contributed by atoms with Crippen molar-refractivity contribution < 1.29 is 4.79 Å². The van der Waals surface area contributed by atoms with Gasteiger partial charge in [0.1, 0.15) is 5.82 Å². The van der Waals surface area contributed by atoms with E-state index in [0.29, 0.717) is 11.4 Å². The zero-order valence-corrected chi connectivity index (χ0v) is 11.3. The van der Waals surface area contributed by atoms with E-state index in [1.807, 2.05) is 39.0 Å². The van der Waals surface area contributed by atoms with Crippen molar-refractivity contribution in [2.75, 3.05) is 0 Å². The Hall–Kier alpha value is -2.17. The summed E-state index contributed by atoms with van der Waals surface area (Å²) in [5.41, 5.74) is 0.639. The van der Waals surface area contributed by atoms with Crippen molar-refractivity contribution in [3.8, 4) is 0 Å². The SMILES string of the molecule is Cc1nc([C@@H](NC(=O)c2ccccc2)C(C)C)n[nH]1. The Bertz CT molecular complexity index is 548. The average Bonchev–Trinajstić information content (AvgIpc) is 2.82. The largest absolute Gasteiger partial charge is 0.342 e. The van der Waals surface area contributed by atoms with E-state index in [9.17, 15) is 4.79 Å². The summed E-state index contributed by atoms with van der Waals surface area (Å²) in [5, 5.41) is 9.92. The molecule has 0 bridgehead atoms. The number of aromatic amines is 1. The molecular formula is C14H18N4O. The van der Waals surface area contributed by atoms with Crippen molar-refractivity contribution in [3.63, 3.8) is 0 Å².